The number of hydrogen-bond donors (Lipinski definition) is 3. The van der Waals surface area contributed by atoms with E-state index in [-0.39, 0.29) is 18.2 Å². The molecule has 0 spiro atoms. The smallest absolute Gasteiger partial charge is 0.0898 e. The van der Waals surface area contributed by atoms with Gasteiger partial charge in [-0.2, -0.15) is 0 Å². The number of benzene rings is 1. The summed E-state index contributed by atoms with van der Waals surface area (Å²) in [4.78, 5) is 0. The molecule has 106 valence electrons. The summed E-state index contributed by atoms with van der Waals surface area (Å²) in [6, 6.07) is 9.95. The molecule has 2 atom stereocenters. The van der Waals surface area contributed by atoms with E-state index in [1.165, 1.54) is 0 Å². The van der Waals surface area contributed by atoms with Gasteiger partial charge in [-0.05, 0) is 25.3 Å². The number of aliphatic hydroxyl groups excluding tert-OH is 2. The first-order valence-corrected chi connectivity index (χ1v) is 6.86. The lowest BCUT2D eigenvalue weighted by molar-refractivity contribution is -0.00396. The Labute approximate surface area is 114 Å². The minimum atomic E-state index is -0.546. The van der Waals surface area contributed by atoms with Crippen LogP contribution in [0.4, 0.5) is 0 Å². The van der Waals surface area contributed by atoms with Gasteiger partial charge in [0.15, 0.2) is 0 Å². The highest BCUT2D eigenvalue weighted by Crippen LogP contribution is 2.34. The Morgan fingerprint density at radius 1 is 1.32 bits per heavy atom. The van der Waals surface area contributed by atoms with E-state index in [4.69, 9.17) is 9.84 Å². The van der Waals surface area contributed by atoms with Crippen molar-refractivity contribution in [3.63, 3.8) is 0 Å². The molecule has 3 N–H and O–H groups in total. The lowest BCUT2D eigenvalue weighted by atomic mass is 10.1. The molecule has 2 unspecified atom stereocenters. The highest BCUT2D eigenvalue weighted by Gasteiger charge is 2.41. The maximum Gasteiger partial charge on any atom is 0.0898 e. The fraction of sp³-hybridized carbons (Fsp3) is 0.600. The van der Waals surface area contributed by atoms with Crippen LogP contribution in [0.25, 0.3) is 0 Å². The highest BCUT2D eigenvalue weighted by atomic mass is 16.5. The Balaban J connectivity index is 1.67. The fourth-order valence-electron chi connectivity index (χ4n) is 2.01. The Hall–Kier alpha value is -0.940. The fourth-order valence-corrected chi connectivity index (χ4v) is 2.01. The van der Waals surface area contributed by atoms with Gasteiger partial charge in [0.05, 0.1) is 25.4 Å². The summed E-state index contributed by atoms with van der Waals surface area (Å²) in [6.45, 7) is 2.87. The molecule has 0 heterocycles. The zero-order chi connectivity index (χ0) is 13.7. The Kier molecular flexibility index (Phi) is 4.93. The Morgan fingerprint density at radius 3 is 2.58 bits per heavy atom. The van der Waals surface area contributed by atoms with Crippen molar-refractivity contribution in [3.8, 4) is 0 Å². The molecule has 0 bridgehead atoms. The second-order valence-corrected chi connectivity index (χ2v) is 5.36. The van der Waals surface area contributed by atoms with Gasteiger partial charge in [0.2, 0.25) is 0 Å². The molecule has 1 fully saturated rings. The normalized spacial score (nSPS) is 19.9. The molecule has 1 aliphatic rings. The predicted octanol–water partition coefficient (Wildman–Crippen LogP) is 1.24. The van der Waals surface area contributed by atoms with Crippen molar-refractivity contribution in [1.29, 1.82) is 0 Å². The van der Waals surface area contributed by atoms with Gasteiger partial charge in [-0.3, -0.25) is 0 Å². The van der Waals surface area contributed by atoms with Gasteiger partial charge in [0.1, 0.15) is 0 Å². The SMILES string of the molecule is CC(OCC(O)CNC1(CO)CC1)c1ccccc1. The molecular weight excluding hydrogens is 242 g/mol. The van der Waals surface area contributed by atoms with E-state index in [9.17, 15) is 5.11 Å². The second-order valence-electron chi connectivity index (χ2n) is 5.36. The van der Waals surface area contributed by atoms with Crippen molar-refractivity contribution in [2.75, 3.05) is 19.8 Å². The average Bonchev–Trinajstić information content (AvgIpc) is 3.24. The molecule has 0 saturated heterocycles. The molecule has 4 nitrogen and oxygen atoms in total. The highest BCUT2D eigenvalue weighted by molar-refractivity contribution is 5.16. The van der Waals surface area contributed by atoms with Gasteiger partial charge in [0, 0.05) is 12.1 Å². The first-order chi connectivity index (χ1) is 9.15. The molecule has 2 rings (SSSR count). The summed E-state index contributed by atoms with van der Waals surface area (Å²) < 4.78 is 5.66. The monoisotopic (exact) mass is 265 g/mol. The largest absolute Gasteiger partial charge is 0.394 e. The third-order valence-electron chi connectivity index (χ3n) is 3.68. The van der Waals surface area contributed by atoms with Gasteiger partial charge >= 0.3 is 0 Å². The van der Waals surface area contributed by atoms with Crippen LogP contribution in [0.5, 0.6) is 0 Å². The number of rotatable bonds is 8. The van der Waals surface area contributed by atoms with Crippen LogP contribution in [0.3, 0.4) is 0 Å². The van der Waals surface area contributed by atoms with Crippen LogP contribution in [-0.4, -0.2) is 41.6 Å². The zero-order valence-corrected chi connectivity index (χ0v) is 11.4. The molecule has 0 radical (unpaired) electrons. The average molecular weight is 265 g/mol. The van der Waals surface area contributed by atoms with Gasteiger partial charge in [-0.15, -0.1) is 0 Å². The second kappa shape index (κ2) is 6.48. The molecule has 1 aromatic carbocycles. The first kappa shape index (κ1) is 14.5. The van der Waals surface area contributed by atoms with E-state index in [0.717, 1.165) is 18.4 Å². The van der Waals surface area contributed by atoms with Crippen LogP contribution in [0, 0.1) is 0 Å². The minimum Gasteiger partial charge on any atom is -0.394 e. The van der Waals surface area contributed by atoms with Gasteiger partial charge in [-0.1, -0.05) is 30.3 Å². The van der Waals surface area contributed by atoms with E-state index in [1.54, 1.807) is 0 Å². The number of ether oxygens (including phenoxy) is 1. The predicted molar refractivity (Wildman–Crippen MR) is 73.9 cm³/mol. The number of hydrogen-bond acceptors (Lipinski definition) is 4. The molecule has 0 aromatic heterocycles. The lowest BCUT2D eigenvalue weighted by Crippen LogP contribution is -2.41. The summed E-state index contributed by atoms with van der Waals surface area (Å²) in [5, 5.41) is 22.2. The van der Waals surface area contributed by atoms with E-state index < -0.39 is 6.10 Å². The molecular formula is C15H23NO3. The van der Waals surface area contributed by atoms with Crippen molar-refractivity contribution in [1.82, 2.24) is 5.32 Å². The van der Waals surface area contributed by atoms with Crippen molar-refractivity contribution in [3.05, 3.63) is 35.9 Å². The molecule has 1 aliphatic carbocycles. The van der Waals surface area contributed by atoms with E-state index in [0.29, 0.717) is 13.2 Å². The maximum atomic E-state index is 9.86. The van der Waals surface area contributed by atoms with E-state index in [1.807, 2.05) is 37.3 Å². The number of β-amino-alcohol motifs (C(OH)–C–C–N with tert-alkyl or cyclic N) is 1. The summed E-state index contributed by atoms with van der Waals surface area (Å²) in [7, 11) is 0. The van der Waals surface area contributed by atoms with Crippen LogP contribution >= 0.6 is 0 Å². The summed E-state index contributed by atoms with van der Waals surface area (Å²) in [5.41, 5.74) is 0.975. The molecule has 1 aromatic rings. The van der Waals surface area contributed by atoms with Crippen LogP contribution in [0.2, 0.25) is 0 Å². The van der Waals surface area contributed by atoms with Crippen LogP contribution in [-0.2, 0) is 4.74 Å². The van der Waals surface area contributed by atoms with Crippen LogP contribution < -0.4 is 5.32 Å². The third kappa shape index (κ3) is 4.28. The quantitative estimate of drug-likeness (QED) is 0.662. The third-order valence-corrected chi connectivity index (χ3v) is 3.68. The van der Waals surface area contributed by atoms with Crippen molar-refractivity contribution in [2.24, 2.45) is 0 Å². The van der Waals surface area contributed by atoms with Gasteiger partial charge < -0.3 is 20.3 Å². The topological polar surface area (TPSA) is 61.7 Å². The van der Waals surface area contributed by atoms with Gasteiger partial charge in [-0.25, -0.2) is 0 Å². The first-order valence-electron chi connectivity index (χ1n) is 6.86. The summed E-state index contributed by atoms with van der Waals surface area (Å²) in [5.74, 6) is 0. The van der Waals surface area contributed by atoms with Crippen molar-refractivity contribution < 1.29 is 14.9 Å². The number of nitrogens with one attached hydrogen (secondary N) is 1. The molecule has 19 heavy (non-hydrogen) atoms. The molecule has 1 saturated carbocycles. The van der Waals surface area contributed by atoms with Crippen molar-refractivity contribution >= 4 is 0 Å². The molecule has 0 aliphatic heterocycles. The summed E-state index contributed by atoms with van der Waals surface area (Å²) >= 11 is 0. The molecule has 0 amide bonds. The van der Waals surface area contributed by atoms with E-state index in [2.05, 4.69) is 5.32 Å². The Morgan fingerprint density at radius 2 is 2.00 bits per heavy atom. The summed E-state index contributed by atoms with van der Waals surface area (Å²) in [6.07, 6.45) is 1.40. The lowest BCUT2D eigenvalue weighted by Gasteiger charge is -2.20. The maximum absolute atomic E-state index is 9.86. The van der Waals surface area contributed by atoms with Crippen molar-refractivity contribution in [2.45, 2.75) is 37.5 Å². The Bertz CT molecular complexity index is 378. The van der Waals surface area contributed by atoms with Gasteiger partial charge in [0.25, 0.3) is 0 Å². The van der Waals surface area contributed by atoms with Crippen LogP contribution in [0.15, 0.2) is 30.3 Å². The molecule has 4 heteroatoms. The van der Waals surface area contributed by atoms with Crippen LogP contribution in [0.1, 0.15) is 31.4 Å². The number of aliphatic hydroxyl groups is 2. The van der Waals surface area contributed by atoms with E-state index >= 15 is 0 Å². The zero-order valence-electron chi connectivity index (χ0n) is 11.4. The minimum absolute atomic E-state index is 0.0245. The standard InChI is InChI=1S/C15H23NO3/c1-12(13-5-3-2-4-6-13)19-10-14(18)9-16-15(11-17)7-8-15/h2-6,12,14,16-18H,7-11H2,1H3.